The van der Waals surface area contributed by atoms with Crippen molar-refractivity contribution in [3.63, 3.8) is 0 Å². The lowest BCUT2D eigenvalue weighted by Crippen LogP contribution is -3.00. The van der Waals surface area contributed by atoms with E-state index in [4.69, 9.17) is 0 Å². The van der Waals surface area contributed by atoms with Crippen LogP contribution >= 0.6 is 11.8 Å². The van der Waals surface area contributed by atoms with Crippen LogP contribution in [0.15, 0.2) is 29.7 Å². The van der Waals surface area contributed by atoms with Crippen LogP contribution in [0, 0.1) is 0 Å². The minimum absolute atomic E-state index is 0. The summed E-state index contributed by atoms with van der Waals surface area (Å²) in [7, 11) is 1.84. The van der Waals surface area contributed by atoms with Gasteiger partial charge in [0.05, 0.1) is 0 Å². The number of hydrogen-bond acceptors (Lipinski definition) is 6. The molecule has 2 heterocycles. The van der Waals surface area contributed by atoms with Crippen LogP contribution in [0.5, 0.6) is 0 Å². The molecule has 0 amide bonds. The van der Waals surface area contributed by atoms with Gasteiger partial charge in [0.1, 0.15) is 0 Å². The Morgan fingerprint density at radius 3 is 3.00 bits per heavy atom. The molecule has 2 aromatic rings. The molecule has 0 radical (unpaired) electrons. The van der Waals surface area contributed by atoms with Gasteiger partial charge in [0.25, 0.3) is 0 Å². The van der Waals surface area contributed by atoms with Gasteiger partial charge in [-0.2, -0.15) is 0 Å². The van der Waals surface area contributed by atoms with Crippen LogP contribution in [0.25, 0.3) is 0 Å². The predicted octanol–water partition coefficient (Wildman–Crippen LogP) is -2.51. The van der Waals surface area contributed by atoms with Gasteiger partial charge in [0.2, 0.25) is 5.16 Å². The molecule has 98 valence electrons. The summed E-state index contributed by atoms with van der Waals surface area (Å²) in [4.78, 5) is 4.06. The Balaban J connectivity index is 0.00000162. The van der Waals surface area contributed by atoms with Crippen LogP contribution in [0.4, 0.5) is 0 Å². The van der Waals surface area contributed by atoms with Crippen LogP contribution in [0.3, 0.4) is 0 Å². The maximum Gasteiger partial charge on any atom is 0.209 e. The summed E-state index contributed by atoms with van der Waals surface area (Å²) in [5.41, 5.74) is 1.19. The molecule has 0 aliphatic carbocycles. The first-order valence-electron chi connectivity index (χ1n) is 5.31. The van der Waals surface area contributed by atoms with Gasteiger partial charge in [-0.05, 0) is 22.1 Å². The van der Waals surface area contributed by atoms with Gasteiger partial charge < -0.3 is 17.7 Å². The first-order valence-corrected chi connectivity index (χ1v) is 6.29. The van der Waals surface area contributed by atoms with E-state index in [1.54, 1.807) is 22.6 Å². The summed E-state index contributed by atoms with van der Waals surface area (Å²) in [6, 6.07) is 4.00. The van der Waals surface area contributed by atoms with Crippen molar-refractivity contribution in [3.8, 4) is 0 Å². The molecule has 0 spiro atoms. The highest BCUT2D eigenvalue weighted by atomic mass is 35.5. The van der Waals surface area contributed by atoms with Gasteiger partial charge in [0.15, 0.2) is 0 Å². The SMILES string of the molecule is Cn1nnnc1SCCNCc1cccnc1.[Cl-]. The molecule has 0 saturated carbocycles. The van der Waals surface area contributed by atoms with Crippen LogP contribution in [0.1, 0.15) is 5.56 Å². The highest BCUT2D eigenvalue weighted by molar-refractivity contribution is 7.99. The molecule has 0 atom stereocenters. The zero-order valence-corrected chi connectivity index (χ0v) is 11.5. The highest BCUT2D eigenvalue weighted by Crippen LogP contribution is 2.10. The number of thioether (sulfide) groups is 1. The summed E-state index contributed by atoms with van der Waals surface area (Å²) < 4.78 is 1.67. The summed E-state index contributed by atoms with van der Waals surface area (Å²) in [6.45, 7) is 1.75. The number of tetrazole rings is 1. The maximum atomic E-state index is 4.06. The number of aromatic nitrogens is 5. The van der Waals surface area contributed by atoms with Crippen molar-refractivity contribution in [1.29, 1.82) is 0 Å². The van der Waals surface area contributed by atoms with Gasteiger partial charge in [-0.15, -0.1) is 5.10 Å². The Hall–Kier alpha value is -1.18. The van der Waals surface area contributed by atoms with E-state index < -0.39 is 0 Å². The molecule has 2 rings (SSSR count). The van der Waals surface area contributed by atoms with Gasteiger partial charge in [0, 0.05) is 38.3 Å². The van der Waals surface area contributed by atoms with Crippen LogP contribution in [-0.2, 0) is 13.6 Å². The second-order valence-electron chi connectivity index (χ2n) is 3.47. The standard InChI is InChI=1S/C10H14N6S.ClH/c1-16-10(13-14-15-16)17-6-5-12-8-9-3-2-4-11-7-9;/h2-4,7,12H,5-6,8H2,1H3;1H/p-1. The Morgan fingerprint density at radius 2 is 2.33 bits per heavy atom. The Bertz CT molecular complexity index is 449. The summed E-state index contributed by atoms with van der Waals surface area (Å²) in [5, 5.41) is 15.4. The number of halogens is 1. The molecule has 0 aliphatic heterocycles. The van der Waals surface area contributed by atoms with E-state index in [9.17, 15) is 0 Å². The molecule has 0 saturated heterocycles. The summed E-state index contributed by atoms with van der Waals surface area (Å²) in [5.74, 6) is 0.939. The van der Waals surface area contributed by atoms with Gasteiger partial charge >= 0.3 is 0 Å². The van der Waals surface area contributed by atoms with Crippen molar-refractivity contribution in [1.82, 2.24) is 30.5 Å². The molecular weight excluding hydrogens is 272 g/mol. The summed E-state index contributed by atoms with van der Waals surface area (Å²) in [6.07, 6.45) is 3.65. The number of aryl methyl sites for hydroxylation is 1. The third kappa shape index (κ3) is 4.59. The molecule has 0 fully saturated rings. The van der Waals surface area contributed by atoms with Crippen molar-refractivity contribution < 1.29 is 12.4 Å². The van der Waals surface area contributed by atoms with E-state index in [0.29, 0.717) is 0 Å². The molecule has 2 aromatic heterocycles. The molecule has 1 N–H and O–H groups in total. The van der Waals surface area contributed by atoms with Crippen molar-refractivity contribution >= 4 is 11.8 Å². The minimum Gasteiger partial charge on any atom is -1.00 e. The third-order valence-corrected chi connectivity index (χ3v) is 3.16. The zero-order chi connectivity index (χ0) is 11.9. The molecule has 8 heteroatoms. The van der Waals surface area contributed by atoms with E-state index >= 15 is 0 Å². The van der Waals surface area contributed by atoms with Gasteiger partial charge in [-0.25, -0.2) is 4.68 Å². The highest BCUT2D eigenvalue weighted by Gasteiger charge is 2.01. The Labute approximate surface area is 116 Å². The molecule has 0 aromatic carbocycles. The second-order valence-corrected chi connectivity index (χ2v) is 4.53. The van der Waals surface area contributed by atoms with Crippen LogP contribution < -0.4 is 17.7 Å². The van der Waals surface area contributed by atoms with E-state index in [1.165, 1.54) is 5.56 Å². The fourth-order valence-electron chi connectivity index (χ4n) is 1.29. The molecular formula is C10H14ClN6S-. The number of rotatable bonds is 6. The van der Waals surface area contributed by atoms with Gasteiger partial charge in [-0.1, -0.05) is 17.8 Å². The predicted molar refractivity (Wildman–Crippen MR) is 65.5 cm³/mol. The molecule has 6 nitrogen and oxygen atoms in total. The van der Waals surface area contributed by atoms with Crippen molar-refractivity contribution in [2.24, 2.45) is 7.05 Å². The second kappa shape index (κ2) is 8.02. The van der Waals surface area contributed by atoms with Crippen LogP contribution in [0.2, 0.25) is 0 Å². The van der Waals surface area contributed by atoms with Crippen molar-refractivity contribution in [2.45, 2.75) is 11.7 Å². The fourth-order valence-corrected chi connectivity index (χ4v) is 2.04. The molecule has 18 heavy (non-hydrogen) atoms. The largest absolute Gasteiger partial charge is 1.00 e. The average molecular weight is 286 g/mol. The minimum atomic E-state index is 0. The molecule has 0 unspecified atom stereocenters. The quantitative estimate of drug-likeness (QED) is 0.467. The normalized spacial score (nSPS) is 10.1. The number of nitrogens with zero attached hydrogens (tertiary/aromatic N) is 5. The maximum absolute atomic E-state index is 4.06. The number of hydrogen-bond donors (Lipinski definition) is 1. The number of nitrogens with one attached hydrogen (secondary N) is 1. The topological polar surface area (TPSA) is 68.5 Å². The Kier molecular flexibility index (Phi) is 6.63. The summed E-state index contributed by atoms with van der Waals surface area (Å²) >= 11 is 1.64. The van der Waals surface area contributed by atoms with Crippen LogP contribution in [-0.4, -0.2) is 37.5 Å². The lowest BCUT2D eigenvalue weighted by Gasteiger charge is -2.03. The van der Waals surface area contributed by atoms with Crippen molar-refractivity contribution in [3.05, 3.63) is 30.1 Å². The lowest BCUT2D eigenvalue weighted by molar-refractivity contribution is -0.00000378. The number of pyridine rings is 1. The van der Waals surface area contributed by atoms with Crippen molar-refractivity contribution in [2.75, 3.05) is 12.3 Å². The zero-order valence-electron chi connectivity index (χ0n) is 9.95. The first kappa shape index (κ1) is 14.9. The van der Waals surface area contributed by atoms with E-state index in [1.807, 2.05) is 19.3 Å². The fraction of sp³-hybridized carbons (Fsp3) is 0.400. The smallest absolute Gasteiger partial charge is 0.209 e. The van der Waals surface area contributed by atoms with E-state index in [0.717, 1.165) is 24.0 Å². The molecule has 0 bridgehead atoms. The van der Waals surface area contributed by atoms with Gasteiger partial charge in [-0.3, -0.25) is 4.98 Å². The average Bonchev–Trinajstić information content (AvgIpc) is 2.76. The third-order valence-electron chi connectivity index (χ3n) is 2.14. The Morgan fingerprint density at radius 1 is 1.44 bits per heavy atom. The monoisotopic (exact) mass is 285 g/mol. The first-order chi connectivity index (χ1) is 8.36. The van der Waals surface area contributed by atoms with E-state index in [-0.39, 0.29) is 12.4 Å². The lowest BCUT2D eigenvalue weighted by atomic mass is 10.3. The van der Waals surface area contributed by atoms with E-state index in [2.05, 4.69) is 31.9 Å². The molecule has 0 aliphatic rings.